The van der Waals surface area contributed by atoms with Crippen molar-refractivity contribution in [1.29, 1.82) is 0 Å². The van der Waals surface area contributed by atoms with Gasteiger partial charge in [0.1, 0.15) is 0 Å². The third kappa shape index (κ3) is 4.32. The van der Waals surface area contributed by atoms with Crippen LogP contribution in [0.2, 0.25) is 0 Å². The molecule has 1 heterocycles. The molecule has 0 spiro atoms. The zero-order valence-electron chi connectivity index (χ0n) is 7.64. The van der Waals surface area contributed by atoms with E-state index >= 15 is 0 Å². The first kappa shape index (κ1) is 12.5. The van der Waals surface area contributed by atoms with E-state index in [9.17, 15) is 0 Å². The number of hydrogen-bond acceptors (Lipinski definition) is 1. The van der Waals surface area contributed by atoms with E-state index in [2.05, 4.69) is 18.3 Å². The Morgan fingerprint density at radius 1 is 1.36 bits per heavy atom. The van der Waals surface area contributed by atoms with E-state index in [0.717, 1.165) is 14.6 Å². The van der Waals surface area contributed by atoms with Gasteiger partial charge in [0.2, 0.25) is 0 Å². The van der Waals surface area contributed by atoms with Crippen molar-refractivity contribution in [3.05, 3.63) is 0 Å². The molecule has 0 aliphatic carbocycles. The molecule has 0 aromatic carbocycles. The van der Waals surface area contributed by atoms with Gasteiger partial charge in [-0.05, 0) is 25.4 Å². The molecule has 11 heavy (non-hydrogen) atoms. The van der Waals surface area contributed by atoms with Gasteiger partial charge < -0.3 is 0 Å². The Morgan fingerprint density at radius 2 is 1.91 bits per heavy atom. The molecule has 1 aliphatic rings. The minimum Gasteiger partial charge on any atom is -0.285 e. The third-order valence-electron chi connectivity index (χ3n) is 2.51. The van der Waals surface area contributed by atoms with Crippen molar-refractivity contribution in [3.63, 3.8) is 0 Å². The first-order chi connectivity index (χ1) is 4.86. The molecule has 1 fully saturated rings. The van der Waals surface area contributed by atoms with E-state index in [1.165, 1.54) is 32.4 Å². The van der Waals surface area contributed by atoms with Crippen LogP contribution in [0.25, 0.3) is 0 Å². The van der Waals surface area contributed by atoms with Crippen LogP contribution in [0.5, 0.6) is 0 Å². The number of hydrogen-bond donors (Lipinski definition) is 0. The van der Waals surface area contributed by atoms with Gasteiger partial charge in [0.25, 0.3) is 0 Å². The van der Waals surface area contributed by atoms with E-state index in [0.29, 0.717) is 0 Å². The first-order valence-corrected chi connectivity index (χ1v) is 5.74. The molecule has 0 saturated carbocycles. The Hall–Kier alpha value is 1.49. The fourth-order valence-corrected chi connectivity index (χ4v) is 2.27. The predicted molar refractivity (Wildman–Crippen MR) is 48.8 cm³/mol. The molecule has 3 heteroatoms. The topological polar surface area (TPSA) is 3.24 Å². The van der Waals surface area contributed by atoms with Gasteiger partial charge in [-0.3, -0.25) is 4.67 Å². The summed E-state index contributed by atoms with van der Waals surface area (Å²) >= 11 is 0. The Kier molecular flexibility index (Phi) is 7.90. The monoisotopic (exact) mass is 248 g/mol. The van der Waals surface area contributed by atoms with Crippen LogP contribution in [-0.2, 0) is 32.7 Å². The zero-order valence-corrected chi connectivity index (χ0v) is 11.5. The second kappa shape index (κ2) is 6.95. The van der Waals surface area contributed by atoms with Gasteiger partial charge in [-0.1, -0.05) is 22.1 Å². The molecular weight excluding hydrogens is 230 g/mol. The van der Waals surface area contributed by atoms with E-state index in [1.807, 2.05) is 0 Å². The van der Waals surface area contributed by atoms with Gasteiger partial charge in [-0.2, -0.15) is 0 Å². The number of piperidine rings is 1. The van der Waals surface area contributed by atoms with Crippen molar-refractivity contribution >= 4 is 8.73 Å². The summed E-state index contributed by atoms with van der Waals surface area (Å²) in [6.45, 7) is 7.31. The fourth-order valence-electron chi connectivity index (χ4n) is 1.56. The van der Waals surface area contributed by atoms with Crippen LogP contribution in [0.4, 0.5) is 0 Å². The average molecular weight is 248 g/mol. The van der Waals surface area contributed by atoms with E-state index in [-0.39, 0.29) is 32.7 Å². The molecule has 1 atom stereocenters. The molecule has 1 nitrogen and oxygen atoms in total. The maximum atomic E-state index is 2.58. The molecule has 1 unspecified atom stereocenters. The van der Waals surface area contributed by atoms with Gasteiger partial charge in [0.05, 0.1) is 0 Å². The maximum absolute atomic E-state index is 2.58. The van der Waals surface area contributed by atoms with Crippen molar-refractivity contribution < 1.29 is 32.7 Å². The van der Waals surface area contributed by atoms with Gasteiger partial charge in [-0.25, -0.2) is 0 Å². The minimum absolute atomic E-state index is 0. The summed E-state index contributed by atoms with van der Waals surface area (Å²) in [5.41, 5.74) is 0. The van der Waals surface area contributed by atoms with Gasteiger partial charge in [0.15, 0.2) is 0 Å². The molecule has 1 saturated heterocycles. The summed E-state index contributed by atoms with van der Waals surface area (Å²) in [5, 5.41) is 0. The van der Waals surface area contributed by atoms with Crippen LogP contribution < -0.4 is 0 Å². The molecule has 0 N–H and O–H groups in total. The van der Waals surface area contributed by atoms with Crippen molar-refractivity contribution in [2.75, 3.05) is 19.8 Å². The van der Waals surface area contributed by atoms with Crippen LogP contribution in [0.15, 0.2) is 0 Å². The SMILES string of the molecule is CCC1CCN(PC)CC1.[Y]. The van der Waals surface area contributed by atoms with Crippen LogP contribution in [0.3, 0.4) is 0 Å². The standard InChI is InChI=1S/C8H18NP.Y/c1-3-8-4-6-9(10-2)7-5-8;/h8,10H,3-7H2,1-2H3;. The van der Waals surface area contributed by atoms with Crippen molar-refractivity contribution in [3.8, 4) is 0 Å². The summed E-state index contributed by atoms with van der Waals surface area (Å²) in [6, 6.07) is 0. The van der Waals surface area contributed by atoms with E-state index in [1.54, 1.807) is 0 Å². The Labute approximate surface area is 97.4 Å². The summed E-state index contributed by atoms with van der Waals surface area (Å²) < 4.78 is 2.58. The molecular formula is C8H18NPY. The summed E-state index contributed by atoms with van der Waals surface area (Å²) in [4.78, 5) is 0. The van der Waals surface area contributed by atoms with Crippen molar-refractivity contribution in [2.24, 2.45) is 5.92 Å². The summed E-state index contributed by atoms with van der Waals surface area (Å²) in [5.74, 6) is 1.03. The second-order valence-corrected chi connectivity index (χ2v) is 4.14. The van der Waals surface area contributed by atoms with E-state index in [4.69, 9.17) is 0 Å². The summed E-state index contributed by atoms with van der Waals surface area (Å²) in [6.07, 6.45) is 4.27. The second-order valence-electron chi connectivity index (χ2n) is 3.06. The number of rotatable bonds is 2. The van der Waals surface area contributed by atoms with Gasteiger partial charge >= 0.3 is 0 Å². The van der Waals surface area contributed by atoms with Crippen LogP contribution in [-0.4, -0.2) is 24.4 Å². The molecule has 1 radical (unpaired) electrons. The Bertz CT molecular complexity index is 80.1. The average Bonchev–Trinajstić information content (AvgIpc) is 2.05. The predicted octanol–water partition coefficient (Wildman–Crippen LogP) is 2.33. The van der Waals surface area contributed by atoms with Crippen LogP contribution in [0, 0.1) is 5.92 Å². The Balaban J connectivity index is 0.000001000. The van der Waals surface area contributed by atoms with Crippen molar-refractivity contribution in [2.45, 2.75) is 26.2 Å². The molecule has 0 aromatic rings. The van der Waals surface area contributed by atoms with Crippen LogP contribution >= 0.6 is 8.73 Å². The quantitative estimate of drug-likeness (QED) is 0.678. The normalized spacial score (nSPS) is 22.4. The van der Waals surface area contributed by atoms with Gasteiger partial charge in [-0.15, -0.1) is 0 Å². The third-order valence-corrected chi connectivity index (χ3v) is 3.59. The molecule has 0 amide bonds. The molecule has 1 aliphatic heterocycles. The number of nitrogens with zero attached hydrogens (tertiary/aromatic N) is 1. The molecule has 0 aromatic heterocycles. The van der Waals surface area contributed by atoms with E-state index < -0.39 is 0 Å². The first-order valence-electron chi connectivity index (χ1n) is 4.29. The largest absolute Gasteiger partial charge is 0.285 e. The zero-order chi connectivity index (χ0) is 7.40. The minimum atomic E-state index is 0. The molecule has 0 bridgehead atoms. The van der Waals surface area contributed by atoms with Crippen LogP contribution in [0.1, 0.15) is 26.2 Å². The molecule has 1 rings (SSSR count). The maximum Gasteiger partial charge on any atom is 0.00211 e. The summed E-state index contributed by atoms with van der Waals surface area (Å²) in [7, 11) is 1.03. The fraction of sp³-hybridized carbons (Fsp3) is 1.00. The Morgan fingerprint density at radius 3 is 2.27 bits per heavy atom. The molecule has 63 valence electrons. The van der Waals surface area contributed by atoms with Crippen molar-refractivity contribution in [1.82, 2.24) is 4.67 Å². The smallest absolute Gasteiger partial charge is 0.00211 e. The van der Waals surface area contributed by atoms with Gasteiger partial charge in [0, 0.05) is 45.8 Å².